The van der Waals surface area contributed by atoms with Crippen molar-refractivity contribution in [1.29, 1.82) is 0 Å². The minimum atomic E-state index is -0.432. The first kappa shape index (κ1) is 10.9. The van der Waals surface area contributed by atoms with Crippen LogP contribution in [0.4, 0.5) is 0 Å². The Morgan fingerprint density at radius 3 is 2.53 bits per heavy atom. The van der Waals surface area contributed by atoms with E-state index in [9.17, 15) is 9.90 Å². The van der Waals surface area contributed by atoms with Crippen molar-refractivity contribution in [1.82, 2.24) is 4.90 Å². The maximum atomic E-state index is 12.2. The topological polar surface area (TPSA) is 75.8 Å². The summed E-state index contributed by atoms with van der Waals surface area (Å²) >= 11 is 0. The number of ether oxygens (including phenoxy) is 1. The predicted molar refractivity (Wildman–Crippen MR) is 54.1 cm³/mol. The summed E-state index contributed by atoms with van der Waals surface area (Å²) in [5.74, 6) is 0.0959. The molecule has 2 rings (SSSR count). The van der Waals surface area contributed by atoms with Crippen LogP contribution in [0.5, 0.6) is 0 Å². The van der Waals surface area contributed by atoms with Crippen LogP contribution in [0.15, 0.2) is 0 Å². The van der Waals surface area contributed by atoms with E-state index >= 15 is 0 Å². The number of hydrogen-bond donors (Lipinski definition) is 2. The number of carbonyl (C=O) groups is 1. The lowest BCUT2D eigenvalue weighted by Crippen LogP contribution is -2.60. The number of carbonyl (C=O) groups excluding carboxylic acids is 1. The van der Waals surface area contributed by atoms with Crippen LogP contribution < -0.4 is 5.73 Å². The fraction of sp³-hybridized carbons (Fsp3) is 0.900. The summed E-state index contributed by atoms with van der Waals surface area (Å²) in [5, 5.41) is 9.17. The van der Waals surface area contributed by atoms with Gasteiger partial charge in [0.15, 0.2) is 0 Å². The molecule has 1 amide bonds. The summed E-state index contributed by atoms with van der Waals surface area (Å²) in [7, 11) is 0. The van der Waals surface area contributed by atoms with Gasteiger partial charge in [-0.25, -0.2) is 0 Å². The van der Waals surface area contributed by atoms with Gasteiger partial charge in [0.1, 0.15) is 0 Å². The van der Waals surface area contributed by atoms with Gasteiger partial charge in [0.2, 0.25) is 5.91 Å². The Morgan fingerprint density at radius 1 is 1.47 bits per heavy atom. The van der Waals surface area contributed by atoms with Gasteiger partial charge in [0.05, 0.1) is 11.5 Å². The standard InChI is InChI=1S/C10H18N2O3/c11-7-10(1-3-15-4-2-10)9(14)12-5-8(13)6-12/h8,13H,1-7,11H2. The zero-order valence-electron chi connectivity index (χ0n) is 8.82. The van der Waals surface area contributed by atoms with Crippen molar-refractivity contribution in [3.63, 3.8) is 0 Å². The molecule has 0 spiro atoms. The van der Waals surface area contributed by atoms with E-state index in [0.29, 0.717) is 45.7 Å². The van der Waals surface area contributed by atoms with Crippen molar-refractivity contribution in [3.05, 3.63) is 0 Å². The Kier molecular flexibility index (Phi) is 2.95. The lowest BCUT2D eigenvalue weighted by Gasteiger charge is -2.44. The van der Waals surface area contributed by atoms with Crippen LogP contribution in [0.25, 0.3) is 0 Å². The van der Waals surface area contributed by atoms with Crippen LogP contribution in [-0.2, 0) is 9.53 Å². The quantitative estimate of drug-likeness (QED) is 0.614. The molecule has 0 atom stereocenters. The average Bonchev–Trinajstić information content (AvgIpc) is 2.25. The van der Waals surface area contributed by atoms with Gasteiger partial charge in [-0.1, -0.05) is 0 Å². The highest BCUT2D eigenvalue weighted by Crippen LogP contribution is 2.33. The molecule has 0 aromatic carbocycles. The largest absolute Gasteiger partial charge is 0.389 e. The van der Waals surface area contributed by atoms with Crippen molar-refractivity contribution in [2.45, 2.75) is 18.9 Å². The molecule has 2 heterocycles. The lowest BCUT2D eigenvalue weighted by molar-refractivity contribution is -0.157. The van der Waals surface area contributed by atoms with Crippen molar-refractivity contribution in [3.8, 4) is 0 Å². The monoisotopic (exact) mass is 214 g/mol. The average molecular weight is 214 g/mol. The summed E-state index contributed by atoms with van der Waals surface area (Å²) in [5.41, 5.74) is 5.29. The summed E-state index contributed by atoms with van der Waals surface area (Å²) in [6.07, 6.45) is 1.06. The third-order valence-electron chi connectivity index (χ3n) is 3.44. The molecule has 5 heteroatoms. The van der Waals surface area contributed by atoms with Crippen LogP contribution in [0.1, 0.15) is 12.8 Å². The first-order valence-electron chi connectivity index (χ1n) is 5.43. The smallest absolute Gasteiger partial charge is 0.230 e. The molecular formula is C10H18N2O3. The second-order valence-corrected chi connectivity index (χ2v) is 4.46. The third-order valence-corrected chi connectivity index (χ3v) is 3.44. The molecule has 2 aliphatic heterocycles. The fourth-order valence-corrected chi connectivity index (χ4v) is 2.22. The molecule has 2 fully saturated rings. The number of β-amino-alcohol motifs (C(OH)–C–C–N with tert-alkyl or cyclic N) is 1. The molecule has 2 aliphatic rings. The number of amides is 1. The van der Waals surface area contributed by atoms with E-state index in [-0.39, 0.29) is 12.0 Å². The van der Waals surface area contributed by atoms with E-state index < -0.39 is 5.41 Å². The molecule has 0 saturated carbocycles. The van der Waals surface area contributed by atoms with Gasteiger partial charge in [-0.3, -0.25) is 4.79 Å². The van der Waals surface area contributed by atoms with Crippen molar-refractivity contribution in [2.24, 2.45) is 11.1 Å². The van der Waals surface area contributed by atoms with Crippen LogP contribution >= 0.6 is 0 Å². The fourth-order valence-electron chi connectivity index (χ4n) is 2.22. The Bertz CT molecular complexity index is 245. The zero-order valence-corrected chi connectivity index (χ0v) is 8.82. The minimum Gasteiger partial charge on any atom is -0.389 e. The van der Waals surface area contributed by atoms with Gasteiger partial charge in [-0.05, 0) is 12.8 Å². The predicted octanol–water partition coefficient (Wildman–Crippen LogP) is -1.05. The number of rotatable bonds is 2. The highest BCUT2D eigenvalue weighted by molar-refractivity contribution is 5.84. The highest BCUT2D eigenvalue weighted by atomic mass is 16.5. The van der Waals surface area contributed by atoms with Gasteiger partial charge in [-0.2, -0.15) is 0 Å². The number of hydrogen-bond acceptors (Lipinski definition) is 4. The van der Waals surface area contributed by atoms with Gasteiger partial charge < -0.3 is 20.5 Å². The molecule has 3 N–H and O–H groups in total. The van der Waals surface area contributed by atoms with Crippen molar-refractivity contribution < 1.29 is 14.6 Å². The van der Waals surface area contributed by atoms with Crippen LogP contribution in [0.2, 0.25) is 0 Å². The summed E-state index contributed by atoms with van der Waals surface area (Å²) in [4.78, 5) is 13.9. The summed E-state index contributed by atoms with van der Waals surface area (Å²) < 4.78 is 5.25. The van der Waals surface area contributed by atoms with E-state index in [4.69, 9.17) is 10.5 Å². The normalized spacial score (nSPS) is 26.1. The number of likely N-dealkylation sites (tertiary alicyclic amines) is 1. The molecule has 0 aromatic rings. The SMILES string of the molecule is NCC1(C(=O)N2CC(O)C2)CCOCC1. The van der Waals surface area contributed by atoms with Crippen LogP contribution in [0, 0.1) is 5.41 Å². The Hall–Kier alpha value is -0.650. The molecule has 2 saturated heterocycles. The minimum absolute atomic E-state index is 0.0959. The maximum absolute atomic E-state index is 12.2. The van der Waals surface area contributed by atoms with E-state index in [1.807, 2.05) is 0 Å². The maximum Gasteiger partial charge on any atom is 0.230 e. The molecule has 0 bridgehead atoms. The molecule has 86 valence electrons. The van der Waals surface area contributed by atoms with Gasteiger partial charge in [0, 0.05) is 32.8 Å². The summed E-state index contributed by atoms with van der Waals surface area (Å²) in [6.45, 7) is 2.52. The number of aliphatic hydroxyl groups is 1. The van der Waals surface area contributed by atoms with E-state index in [1.54, 1.807) is 4.90 Å². The Labute approximate surface area is 89.2 Å². The van der Waals surface area contributed by atoms with E-state index in [1.165, 1.54) is 0 Å². The lowest BCUT2D eigenvalue weighted by atomic mass is 9.78. The van der Waals surface area contributed by atoms with Crippen molar-refractivity contribution >= 4 is 5.91 Å². The highest BCUT2D eigenvalue weighted by Gasteiger charge is 2.44. The second kappa shape index (κ2) is 4.08. The summed E-state index contributed by atoms with van der Waals surface area (Å²) in [6, 6.07) is 0. The van der Waals surface area contributed by atoms with E-state index in [0.717, 1.165) is 0 Å². The molecular weight excluding hydrogens is 196 g/mol. The number of nitrogens with two attached hydrogens (primary N) is 1. The van der Waals surface area contributed by atoms with E-state index in [2.05, 4.69) is 0 Å². The first-order chi connectivity index (χ1) is 7.18. The van der Waals surface area contributed by atoms with Gasteiger partial charge in [-0.15, -0.1) is 0 Å². The molecule has 0 aliphatic carbocycles. The first-order valence-corrected chi connectivity index (χ1v) is 5.43. The Morgan fingerprint density at radius 2 is 2.07 bits per heavy atom. The molecule has 0 aromatic heterocycles. The third kappa shape index (κ3) is 1.87. The number of nitrogens with zero attached hydrogens (tertiary/aromatic N) is 1. The second-order valence-electron chi connectivity index (χ2n) is 4.46. The van der Waals surface area contributed by atoms with Gasteiger partial charge in [0.25, 0.3) is 0 Å². The van der Waals surface area contributed by atoms with Gasteiger partial charge >= 0.3 is 0 Å². The van der Waals surface area contributed by atoms with Crippen molar-refractivity contribution in [2.75, 3.05) is 32.8 Å². The molecule has 15 heavy (non-hydrogen) atoms. The zero-order chi connectivity index (χ0) is 10.9. The number of aliphatic hydroxyl groups excluding tert-OH is 1. The molecule has 5 nitrogen and oxygen atoms in total. The Balaban J connectivity index is 2.01. The molecule has 0 unspecified atom stereocenters. The van der Waals surface area contributed by atoms with Crippen LogP contribution in [-0.4, -0.2) is 54.9 Å². The van der Waals surface area contributed by atoms with Crippen LogP contribution in [0.3, 0.4) is 0 Å². The molecule has 0 radical (unpaired) electrons.